The minimum Gasteiger partial charge on any atom is -0.373 e. The van der Waals surface area contributed by atoms with E-state index in [1.165, 1.54) is 0 Å². The third-order valence-electron chi connectivity index (χ3n) is 0.504. The molecule has 2 heteroatoms. The first-order valence-corrected chi connectivity index (χ1v) is 2.39. The Morgan fingerprint density at radius 2 is 2.50 bits per heavy atom. The van der Waals surface area contributed by atoms with Crippen LogP contribution < -0.4 is 0 Å². The van der Waals surface area contributed by atoms with E-state index in [0.29, 0.717) is 0 Å². The molecule has 0 radical (unpaired) electrons. The molecule has 0 saturated heterocycles. The number of methoxy groups -OCH3 is 1. The van der Waals surface area contributed by atoms with E-state index >= 15 is 0 Å². The molecule has 0 aromatic heterocycles. The van der Waals surface area contributed by atoms with Gasteiger partial charge in [-0.3, -0.25) is 0 Å². The molecule has 0 spiro atoms. The van der Waals surface area contributed by atoms with Crippen LogP contribution in [0.25, 0.3) is 0 Å². The van der Waals surface area contributed by atoms with Gasteiger partial charge < -0.3 is 4.74 Å². The van der Waals surface area contributed by atoms with Crippen molar-refractivity contribution >= 4 is 9.24 Å². The lowest BCUT2D eigenvalue weighted by Gasteiger charge is -1.97. The minimum atomic E-state index is 0.116. The zero-order chi connectivity index (χ0) is 4.99. The summed E-state index contributed by atoms with van der Waals surface area (Å²) in [6.07, 6.45) is 1.71. The Bertz CT molecular complexity index is 44.8. The molecule has 0 bridgehead atoms. The minimum absolute atomic E-state index is 0.116. The van der Waals surface area contributed by atoms with Crippen molar-refractivity contribution in [2.24, 2.45) is 0 Å². The fraction of sp³-hybridized carbons (Fsp3) is 0.500. The fourth-order valence-corrected chi connectivity index (χ4v) is 0.0962. The Kier molecular flexibility index (Phi) is 3.40. The Morgan fingerprint density at radius 3 is 2.50 bits per heavy atom. The average molecular weight is 104 g/mol. The Hall–Kier alpha value is 0.130. The molecule has 36 valence electrons. The number of ether oxygens (including phenoxy) is 1. The van der Waals surface area contributed by atoms with Gasteiger partial charge >= 0.3 is 0 Å². The normalized spacial score (nSPS) is 13.7. The summed E-state index contributed by atoms with van der Waals surface area (Å²) in [5.74, 6) is 0.116. The Balaban J connectivity index is 2.96. The molecule has 2 atom stereocenters. The van der Waals surface area contributed by atoms with Crippen molar-refractivity contribution in [2.45, 2.75) is 5.85 Å². The van der Waals surface area contributed by atoms with E-state index in [2.05, 4.69) is 15.8 Å². The number of hydrogen-bond donors (Lipinski definition) is 0. The molecular weight excluding hydrogens is 95.0 g/mol. The van der Waals surface area contributed by atoms with E-state index in [-0.39, 0.29) is 5.85 Å². The molecule has 0 aliphatic heterocycles. The molecule has 0 aliphatic carbocycles. The number of rotatable bonds is 2. The summed E-state index contributed by atoms with van der Waals surface area (Å²) in [5.41, 5.74) is 0. The van der Waals surface area contributed by atoms with Crippen molar-refractivity contribution in [3.8, 4) is 0 Å². The van der Waals surface area contributed by atoms with Gasteiger partial charge in [-0.1, -0.05) is 6.08 Å². The van der Waals surface area contributed by atoms with Crippen LogP contribution in [-0.4, -0.2) is 13.0 Å². The summed E-state index contributed by atoms with van der Waals surface area (Å²) < 4.78 is 4.74. The van der Waals surface area contributed by atoms with E-state index < -0.39 is 0 Å². The van der Waals surface area contributed by atoms with Crippen LogP contribution in [0.5, 0.6) is 0 Å². The third kappa shape index (κ3) is 2.37. The molecule has 6 heavy (non-hydrogen) atoms. The molecule has 0 fully saturated rings. The molecule has 0 amide bonds. The quantitative estimate of drug-likeness (QED) is 0.375. The van der Waals surface area contributed by atoms with Gasteiger partial charge in [-0.05, 0) is 0 Å². The van der Waals surface area contributed by atoms with Crippen LogP contribution in [0.2, 0.25) is 0 Å². The van der Waals surface area contributed by atoms with Gasteiger partial charge in [-0.25, -0.2) is 0 Å². The second-order valence-electron chi connectivity index (χ2n) is 0.936. The first kappa shape index (κ1) is 6.13. The van der Waals surface area contributed by atoms with Crippen LogP contribution >= 0.6 is 9.24 Å². The van der Waals surface area contributed by atoms with Gasteiger partial charge in [-0.15, -0.1) is 15.8 Å². The van der Waals surface area contributed by atoms with Gasteiger partial charge in [0.15, 0.2) is 0 Å². The second kappa shape index (κ2) is 3.32. The molecule has 0 saturated carbocycles. The van der Waals surface area contributed by atoms with Gasteiger partial charge in [0.25, 0.3) is 0 Å². The van der Waals surface area contributed by atoms with Crippen LogP contribution in [-0.2, 0) is 4.74 Å². The standard InChI is InChI=1S/C4H9OP/c1-3-4(6)5-2/h3-4H,1,6H2,2H3/t4-/m1/s1. The first-order valence-electron chi connectivity index (χ1n) is 1.72. The maximum absolute atomic E-state index is 4.74. The van der Waals surface area contributed by atoms with E-state index in [9.17, 15) is 0 Å². The van der Waals surface area contributed by atoms with Crippen LogP contribution in [0, 0.1) is 0 Å². The molecule has 0 heterocycles. The molecule has 0 rings (SSSR count). The van der Waals surface area contributed by atoms with Crippen LogP contribution in [0.4, 0.5) is 0 Å². The first-order chi connectivity index (χ1) is 2.81. The summed E-state index contributed by atoms with van der Waals surface area (Å²) in [5, 5.41) is 0. The zero-order valence-electron chi connectivity index (χ0n) is 3.85. The Labute approximate surface area is 40.6 Å². The van der Waals surface area contributed by atoms with E-state index in [4.69, 9.17) is 4.74 Å². The van der Waals surface area contributed by atoms with E-state index in [1.54, 1.807) is 13.2 Å². The molecular formula is C4H9OP. The highest BCUT2D eigenvalue weighted by atomic mass is 31.0. The summed E-state index contributed by atoms with van der Waals surface area (Å²) in [6.45, 7) is 3.49. The van der Waals surface area contributed by atoms with Gasteiger partial charge in [0.2, 0.25) is 0 Å². The Morgan fingerprint density at radius 1 is 2.00 bits per heavy atom. The van der Waals surface area contributed by atoms with Crippen molar-refractivity contribution in [3.05, 3.63) is 12.7 Å². The van der Waals surface area contributed by atoms with Gasteiger partial charge in [0, 0.05) is 7.11 Å². The molecule has 1 nitrogen and oxygen atoms in total. The number of hydrogen-bond acceptors (Lipinski definition) is 1. The summed E-state index contributed by atoms with van der Waals surface area (Å²) in [6, 6.07) is 0. The largest absolute Gasteiger partial charge is 0.373 e. The van der Waals surface area contributed by atoms with Crippen LogP contribution in [0.15, 0.2) is 12.7 Å². The van der Waals surface area contributed by atoms with Crippen LogP contribution in [0.3, 0.4) is 0 Å². The van der Waals surface area contributed by atoms with Gasteiger partial charge in [0.05, 0.1) is 5.85 Å². The lowest BCUT2D eigenvalue weighted by Crippen LogP contribution is -1.91. The van der Waals surface area contributed by atoms with Crippen molar-refractivity contribution in [3.63, 3.8) is 0 Å². The van der Waals surface area contributed by atoms with Crippen molar-refractivity contribution in [1.82, 2.24) is 0 Å². The lowest BCUT2D eigenvalue weighted by atomic mass is 10.7. The summed E-state index contributed by atoms with van der Waals surface area (Å²) in [4.78, 5) is 0. The summed E-state index contributed by atoms with van der Waals surface area (Å²) in [7, 11) is 4.11. The fourth-order valence-electron chi connectivity index (χ4n) is 0.0962. The predicted molar refractivity (Wildman–Crippen MR) is 30.7 cm³/mol. The third-order valence-corrected chi connectivity index (χ3v) is 1.05. The van der Waals surface area contributed by atoms with E-state index in [0.717, 1.165) is 0 Å². The summed E-state index contributed by atoms with van der Waals surface area (Å²) >= 11 is 0. The van der Waals surface area contributed by atoms with Crippen molar-refractivity contribution < 1.29 is 4.74 Å². The smallest absolute Gasteiger partial charge is 0.0881 e. The highest BCUT2D eigenvalue weighted by molar-refractivity contribution is 7.17. The second-order valence-corrected chi connectivity index (χ2v) is 1.59. The average Bonchev–Trinajstić information content (AvgIpc) is 1.65. The molecule has 0 aromatic rings. The lowest BCUT2D eigenvalue weighted by molar-refractivity contribution is 0.207. The topological polar surface area (TPSA) is 9.23 Å². The molecule has 0 aliphatic rings. The highest BCUT2D eigenvalue weighted by Gasteiger charge is 1.83. The SMILES string of the molecule is C=C[C@@H](P)OC. The maximum atomic E-state index is 4.74. The molecule has 0 N–H and O–H groups in total. The zero-order valence-corrected chi connectivity index (χ0v) is 5.00. The van der Waals surface area contributed by atoms with Crippen LogP contribution in [0.1, 0.15) is 0 Å². The maximum Gasteiger partial charge on any atom is 0.0881 e. The molecule has 0 aromatic carbocycles. The van der Waals surface area contributed by atoms with Crippen molar-refractivity contribution in [1.29, 1.82) is 0 Å². The highest BCUT2D eigenvalue weighted by Crippen LogP contribution is 1.98. The van der Waals surface area contributed by atoms with Crippen molar-refractivity contribution in [2.75, 3.05) is 7.11 Å². The van der Waals surface area contributed by atoms with Gasteiger partial charge in [-0.2, -0.15) is 0 Å². The van der Waals surface area contributed by atoms with E-state index in [1.807, 2.05) is 0 Å². The predicted octanol–water partition coefficient (Wildman–Crippen LogP) is 1.02. The van der Waals surface area contributed by atoms with Gasteiger partial charge in [0.1, 0.15) is 0 Å². The molecule has 1 unspecified atom stereocenters. The monoisotopic (exact) mass is 104 g/mol.